The highest BCUT2D eigenvalue weighted by molar-refractivity contribution is 6.00. The van der Waals surface area contributed by atoms with Gasteiger partial charge in [-0.25, -0.2) is 0 Å². The molecule has 0 atom stereocenters. The minimum atomic E-state index is -4.42. The SMILES string of the molecule is Cc1cc(C(=O)C(C)(C)C)cc(C(F)(F)F)c1. The lowest BCUT2D eigenvalue weighted by Crippen LogP contribution is -2.21. The Hall–Kier alpha value is -1.32. The number of ketones is 1. The number of Topliss-reactive ketones (excluding diaryl/α,β-unsaturated/α-hetero) is 1. The van der Waals surface area contributed by atoms with Crippen molar-refractivity contribution in [2.24, 2.45) is 5.41 Å². The molecule has 0 saturated heterocycles. The second-order valence-electron chi connectivity index (χ2n) is 5.16. The zero-order valence-electron chi connectivity index (χ0n) is 10.3. The Bertz CT molecular complexity index is 439. The van der Waals surface area contributed by atoms with Crippen LogP contribution in [0.25, 0.3) is 0 Å². The Morgan fingerprint density at radius 2 is 1.59 bits per heavy atom. The molecule has 0 heterocycles. The first kappa shape index (κ1) is 13.7. The van der Waals surface area contributed by atoms with Gasteiger partial charge in [-0.05, 0) is 30.7 Å². The van der Waals surface area contributed by atoms with Crippen LogP contribution in [0.4, 0.5) is 13.2 Å². The maximum Gasteiger partial charge on any atom is 0.416 e. The summed E-state index contributed by atoms with van der Waals surface area (Å²) in [5, 5.41) is 0. The molecule has 0 aliphatic heterocycles. The molecular formula is C13H15F3O. The Labute approximate surface area is 98.6 Å². The van der Waals surface area contributed by atoms with Crippen LogP contribution >= 0.6 is 0 Å². The highest BCUT2D eigenvalue weighted by atomic mass is 19.4. The summed E-state index contributed by atoms with van der Waals surface area (Å²) in [5.41, 5.74) is -0.904. The fourth-order valence-electron chi connectivity index (χ4n) is 1.51. The molecule has 94 valence electrons. The van der Waals surface area contributed by atoms with Gasteiger partial charge in [-0.2, -0.15) is 13.2 Å². The molecule has 0 saturated carbocycles. The lowest BCUT2D eigenvalue weighted by atomic mass is 9.85. The van der Waals surface area contributed by atoms with E-state index in [1.807, 2.05) is 0 Å². The first-order valence-corrected chi connectivity index (χ1v) is 5.25. The number of benzene rings is 1. The van der Waals surface area contributed by atoms with E-state index in [4.69, 9.17) is 0 Å². The maximum atomic E-state index is 12.6. The van der Waals surface area contributed by atoms with E-state index in [2.05, 4.69) is 0 Å². The molecule has 0 amide bonds. The first-order valence-electron chi connectivity index (χ1n) is 5.25. The molecule has 0 spiro atoms. The van der Waals surface area contributed by atoms with Gasteiger partial charge in [-0.1, -0.05) is 20.8 Å². The molecule has 0 unspecified atom stereocenters. The summed E-state index contributed by atoms with van der Waals surface area (Å²) in [5.74, 6) is -0.285. The zero-order valence-corrected chi connectivity index (χ0v) is 10.3. The topological polar surface area (TPSA) is 17.1 Å². The van der Waals surface area contributed by atoms with Gasteiger partial charge in [-0.15, -0.1) is 0 Å². The fourth-order valence-corrected chi connectivity index (χ4v) is 1.51. The lowest BCUT2D eigenvalue weighted by Gasteiger charge is -2.18. The molecule has 4 heteroatoms. The van der Waals surface area contributed by atoms with Crippen molar-refractivity contribution in [3.63, 3.8) is 0 Å². The van der Waals surface area contributed by atoms with Gasteiger partial charge in [-0.3, -0.25) is 4.79 Å². The van der Waals surface area contributed by atoms with Gasteiger partial charge in [0.05, 0.1) is 5.56 Å². The summed E-state index contributed by atoms with van der Waals surface area (Å²) in [4.78, 5) is 11.9. The quantitative estimate of drug-likeness (QED) is 0.675. The summed E-state index contributed by atoms with van der Waals surface area (Å²) in [6, 6.07) is 3.45. The monoisotopic (exact) mass is 244 g/mol. The number of hydrogen-bond donors (Lipinski definition) is 0. The molecule has 1 aromatic rings. The van der Waals surface area contributed by atoms with E-state index in [0.29, 0.717) is 5.56 Å². The molecule has 0 fully saturated rings. The summed E-state index contributed by atoms with van der Waals surface area (Å²) >= 11 is 0. The number of aryl methyl sites for hydroxylation is 1. The van der Waals surface area contributed by atoms with Crippen molar-refractivity contribution in [1.82, 2.24) is 0 Å². The smallest absolute Gasteiger partial charge is 0.294 e. The van der Waals surface area contributed by atoms with Crippen molar-refractivity contribution in [2.45, 2.75) is 33.9 Å². The highest BCUT2D eigenvalue weighted by Crippen LogP contribution is 2.32. The second kappa shape index (κ2) is 4.17. The normalized spacial score (nSPS) is 12.6. The summed E-state index contributed by atoms with van der Waals surface area (Å²) in [6.45, 7) is 6.61. The number of rotatable bonds is 1. The van der Waals surface area contributed by atoms with Crippen LogP contribution in [-0.2, 0) is 6.18 Å². The van der Waals surface area contributed by atoms with Gasteiger partial charge in [0, 0.05) is 11.0 Å². The van der Waals surface area contributed by atoms with Crippen LogP contribution in [0.5, 0.6) is 0 Å². The highest BCUT2D eigenvalue weighted by Gasteiger charge is 2.32. The van der Waals surface area contributed by atoms with Crippen molar-refractivity contribution in [2.75, 3.05) is 0 Å². The van der Waals surface area contributed by atoms with Gasteiger partial charge in [0.15, 0.2) is 5.78 Å². The van der Waals surface area contributed by atoms with Gasteiger partial charge < -0.3 is 0 Å². The van der Waals surface area contributed by atoms with Crippen LogP contribution in [-0.4, -0.2) is 5.78 Å². The van der Waals surface area contributed by atoms with E-state index < -0.39 is 17.2 Å². The molecule has 1 rings (SSSR count). The van der Waals surface area contributed by atoms with Gasteiger partial charge in [0.25, 0.3) is 0 Å². The number of carbonyl (C=O) groups is 1. The third kappa shape index (κ3) is 3.32. The third-order valence-corrected chi connectivity index (χ3v) is 2.35. The van der Waals surface area contributed by atoms with E-state index in [9.17, 15) is 18.0 Å². The van der Waals surface area contributed by atoms with Crippen molar-refractivity contribution in [3.05, 3.63) is 34.9 Å². The van der Waals surface area contributed by atoms with Crippen LogP contribution in [0.2, 0.25) is 0 Å². The molecule has 0 radical (unpaired) electrons. The van der Waals surface area contributed by atoms with Crippen LogP contribution in [0.15, 0.2) is 18.2 Å². The molecule has 0 bridgehead atoms. The van der Waals surface area contributed by atoms with Gasteiger partial charge in [0.2, 0.25) is 0 Å². The van der Waals surface area contributed by atoms with E-state index >= 15 is 0 Å². The van der Waals surface area contributed by atoms with Gasteiger partial charge >= 0.3 is 6.18 Å². The van der Waals surface area contributed by atoms with Gasteiger partial charge in [0.1, 0.15) is 0 Å². The number of alkyl halides is 3. The van der Waals surface area contributed by atoms with E-state index in [1.54, 1.807) is 27.7 Å². The van der Waals surface area contributed by atoms with Crippen LogP contribution in [0.1, 0.15) is 42.3 Å². The Kier molecular flexibility index (Phi) is 3.37. The minimum Gasteiger partial charge on any atom is -0.294 e. The number of halogens is 3. The van der Waals surface area contributed by atoms with Crippen molar-refractivity contribution >= 4 is 5.78 Å². The second-order valence-corrected chi connectivity index (χ2v) is 5.16. The molecule has 0 aliphatic carbocycles. The molecule has 1 aromatic carbocycles. The summed E-state index contributed by atoms with van der Waals surface area (Å²) in [7, 11) is 0. The van der Waals surface area contributed by atoms with Crippen molar-refractivity contribution < 1.29 is 18.0 Å². The molecule has 0 N–H and O–H groups in total. The molecule has 1 nitrogen and oxygen atoms in total. The Morgan fingerprint density at radius 1 is 1.06 bits per heavy atom. The minimum absolute atomic E-state index is 0.116. The summed E-state index contributed by atoms with van der Waals surface area (Å²) in [6.07, 6.45) is -4.42. The lowest BCUT2D eigenvalue weighted by molar-refractivity contribution is -0.137. The average Bonchev–Trinajstić information content (AvgIpc) is 2.12. The number of hydrogen-bond acceptors (Lipinski definition) is 1. The van der Waals surface area contributed by atoms with E-state index in [1.165, 1.54) is 6.07 Å². The van der Waals surface area contributed by atoms with Crippen LogP contribution in [0, 0.1) is 12.3 Å². The van der Waals surface area contributed by atoms with Crippen molar-refractivity contribution in [3.8, 4) is 0 Å². The molecule has 0 aromatic heterocycles. The van der Waals surface area contributed by atoms with E-state index in [0.717, 1.165) is 12.1 Å². The third-order valence-electron chi connectivity index (χ3n) is 2.35. The Morgan fingerprint density at radius 3 is 2.00 bits per heavy atom. The Balaban J connectivity index is 3.29. The largest absolute Gasteiger partial charge is 0.416 e. The fraction of sp³-hybridized carbons (Fsp3) is 0.462. The van der Waals surface area contributed by atoms with Crippen molar-refractivity contribution in [1.29, 1.82) is 0 Å². The van der Waals surface area contributed by atoms with E-state index in [-0.39, 0.29) is 11.3 Å². The van der Waals surface area contributed by atoms with Crippen LogP contribution < -0.4 is 0 Å². The number of carbonyl (C=O) groups excluding carboxylic acids is 1. The summed E-state index contributed by atoms with van der Waals surface area (Å²) < 4.78 is 37.8. The molecule has 0 aliphatic rings. The maximum absolute atomic E-state index is 12.6. The zero-order chi connectivity index (χ0) is 13.4. The molecular weight excluding hydrogens is 229 g/mol. The predicted octanol–water partition coefficient (Wildman–Crippen LogP) is 4.24. The first-order chi connectivity index (χ1) is 7.51. The average molecular weight is 244 g/mol. The van der Waals surface area contributed by atoms with Crippen LogP contribution in [0.3, 0.4) is 0 Å². The molecule has 17 heavy (non-hydrogen) atoms. The standard InChI is InChI=1S/C13H15F3O/c1-8-5-9(11(17)12(2,3)4)7-10(6-8)13(14,15)16/h5-7H,1-4H3. The predicted molar refractivity (Wildman–Crippen MR) is 60.0 cm³/mol.